The number of allylic oxidation sites excluding steroid dienone is 2. The first-order valence-electron chi connectivity index (χ1n) is 11.7. The second-order valence-corrected chi connectivity index (χ2v) is 10.1. The molecule has 2 saturated carbocycles. The molecular formula is C24H35F2N5O2. The van der Waals surface area contributed by atoms with Crippen molar-refractivity contribution in [1.29, 1.82) is 5.41 Å². The fourth-order valence-corrected chi connectivity index (χ4v) is 5.94. The second kappa shape index (κ2) is 9.18. The predicted molar refractivity (Wildman–Crippen MR) is 124 cm³/mol. The van der Waals surface area contributed by atoms with Crippen LogP contribution in [0.2, 0.25) is 0 Å². The molecule has 182 valence electrons. The van der Waals surface area contributed by atoms with E-state index < -0.39 is 6.61 Å². The van der Waals surface area contributed by atoms with Crippen LogP contribution in [0.5, 0.6) is 5.75 Å². The van der Waals surface area contributed by atoms with Crippen molar-refractivity contribution in [3.05, 3.63) is 29.6 Å². The molecule has 0 spiro atoms. The van der Waals surface area contributed by atoms with Crippen LogP contribution in [0.25, 0.3) is 0 Å². The van der Waals surface area contributed by atoms with Gasteiger partial charge in [-0.2, -0.15) is 8.78 Å². The molecule has 4 N–H and O–H groups in total. The standard InChI is InChI=1S/C24H35F2N5O2/c1-13(2)30-19(9-18(27)14-7-20(33-23(25)26)22(28)29-11-14)21-17-8-15(10-24(17,21)3)31-6-5-16(12-31)32-4/h7,9,11,13,15-17,21,23,27,30H,5-6,8,10,12H2,1-4H3,(H2,28,29)/b19-9-,27-18?/t15-,16?,17-,21+,24?/m0/s1. The van der Waals surface area contributed by atoms with Crippen LogP contribution in [-0.4, -0.2) is 60.6 Å². The smallest absolute Gasteiger partial charge is 0.387 e. The van der Waals surface area contributed by atoms with Crippen molar-refractivity contribution in [2.24, 2.45) is 17.3 Å². The number of alkyl halides is 2. The zero-order valence-electron chi connectivity index (χ0n) is 19.8. The number of nitrogens with one attached hydrogen (secondary N) is 2. The number of nitrogen functional groups attached to an aromatic ring is 1. The third-order valence-electron chi connectivity index (χ3n) is 7.58. The topological polar surface area (TPSA) is 96.5 Å². The summed E-state index contributed by atoms with van der Waals surface area (Å²) in [5, 5.41) is 12.1. The Balaban J connectivity index is 1.49. The van der Waals surface area contributed by atoms with Gasteiger partial charge in [0, 0.05) is 55.7 Å². The molecular weight excluding hydrogens is 428 g/mol. The number of hydrogen-bond acceptors (Lipinski definition) is 7. The number of aromatic nitrogens is 1. The van der Waals surface area contributed by atoms with Crippen molar-refractivity contribution >= 4 is 11.5 Å². The van der Waals surface area contributed by atoms with Crippen molar-refractivity contribution in [3.63, 3.8) is 0 Å². The molecule has 0 aromatic carbocycles. The number of hydrogen-bond donors (Lipinski definition) is 3. The van der Waals surface area contributed by atoms with Crippen LogP contribution in [0.1, 0.15) is 45.6 Å². The largest absolute Gasteiger partial charge is 0.431 e. The number of nitrogens with zero attached hydrogens (tertiary/aromatic N) is 2. The van der Waals surface area contributed by atoms with Gasteiger partial charge in [-0.15, -0.1) is 0 Å². The molecule has 2 unspecified atom stereocenters. The molecule has 0 radical (unpaired) electrons. The Morgan fingerprint density at radius 1 is 1.42 bits per heavy atom. The number of likely N-dealkylation sites (tertiary alicyclic amines) is 1. The van der Waals surface area contributed by atoms with Gasteiger partial charge in [-0.1, -0.05) is 6.92 Å². The van der Waals surface area contributed by atoms with Gasteiger partial charge in [0.25, 0.3) is 0 Å². The van der Waals surface area contributed by atoms with Crippen molar-refractivity contribution in [1.82, 2.24) is 15.2 Å². The van der Waals surface area contributed by atoms with Crippen LogP contribution in [0, 0.1) is 22.7 Å². The van der Waals surface area contributed by atoms with E-state index in [9.17, 15) is 8.78 Å². The van der Waals surface area contributed by atoms with Crippen LogP contribution >= 0.6 is 0 Å². The minimum Gasteiger partial charge on any atom is -0.431 e. The Hall–Kier alpha value is -2.26. The van der Waals surface area contributed by atoms with Crippen molar-refractivity contribution in [2.75, 3.05) is 25.9 Å². The van der Waals surface area contributed by atoms with Gasteiger partial charge in [-0.05, 0) is 56.6 Å². The maximum atomic E-state index is 12.7. The highest BCUT2D eigenvalue weighted by atomic mass is 19.3. The fraction of sp³-hybridized carbons (Fsp3) is 0.667. The average Bonchev–Trinajstić information content (AvgIpc) is 3.08. The number of nitrogens with two attached hydrogens (primary N) is 1. The average molecular weight is 464 g/mol. The first-order valence-corrected chi connectivity index (χ1v) is 11.7. The zero-order chi connectivity index (χ0) is 23.9. The quantitative estimate of drug-likeness (QED) is 0.484. The first kappa shape index (κ1) is 23.9. The van der Waals surface area contributed by atoms with E-state index in [1.54, 1.807) is 7.11 Å². The Morgan fingerprint density at radius 3 is 2.76 bits per heavy atom. The number of rotatable bonds is 9. The Morgan fingerprint density at radius 2 is 2.18 bits per heavy atom. The van der Waals surface area contributed by atoms with E-state index in [1.807, 2.05) is 6.08 Å². The second-order valence-electron chi connectivity index (χ2n) is 10.1. The van der Waals surface area contributed by atoms with Crippen LogP contribution in [0.15, 0.2) is 24.0 Å². The summed E-state index contributed by atoms with van der Waals surface area (Å²) in [5.74, 6) is 0.592. The molecule has 0 bridgehead atoms. The van der Waals surface area contributed by atoms with Gasteiger partial charge in [0.05, 0.1) is 11.8 Å². The predicted octanol–water partition coefficient (Wildman–Crippen LogP) is 3.65. The van der Waals surface area contributed by atoms with E-state index in [4.69, 9.17) is 15.9 Å². The van der Waals surface area contributed by atoms with E-state index in [0.29, 0.717) is 29.5 Å². The van der Waals surface area contributed by atoms with E-state index in [1.165, 1.54) is 12.3 Å². The highest BCUT2D eigenvalue weighted by Crippen LogP contribution is 2.71. The Bertz CT molecular complexity index is 924. The normalized spacial score (nSPS) is 31.8. The molecule has 2 heterocycles. The molecule has 7 nitrogen and oxygen atoms in total. The maximum Gasteiger partial charge on any atom is 0.387 e. The number of ether oxygens (including phenoxy) is 2. The van der Waals surface area contributed by atoms with Gasteiger partial charge >= 0.3 is 6.61 Å². The van der Waals surface area contributed by atoms with E-state index in [0.717, 1.165) is 38.0 Å². The fourth-order valence-electron chi connectivity index (χ4n) is 5.94. The number of pyridine rings is 1. The summed E-state index contributed by atoms with van der Waals surface area (Å²) in [6.07, 6.45) is 6.97. The van der Waals surface area contributed by atoms with E-state index in [-0.39, 0.29) is 28.7 Å². The van der Waals surface area contributed by atoms with Gasteiger partial charge in [0.2, 0.25) is 0 Å². The lowest BCUT2D eigenvalue weighted by Gasteiger charge is -2.28. The van der Waals surface area contributed by atoms with Gasteiger partial charge in [0.1, 0.15) is 0 Å². The molecule has 4 rings (SSSR count). The van der Waals surface area contributed by atoms with E-state index in [2.05, 4.69) is 40.7 Å². The molecule has 0 amide bonds. The molecule has 1 aliphatic heterocycles. The van der Waals surface area contributed by atoms with Crippen molar-refractivity contribution in [2.45, 2.75) is 64.8 Å². The Kier molecular flexibility index (Phi) is 6.64. The van der Waals surface area contributed by atoms with Gasteiger partial charge in [-0.25, -0.2) is 4.98 Å². The third kappa shape index (κ3) is 4.84. The molecule has 9 heteroatoms. The molecule has 3 fully saturated rings. The van der Waals surface area contributed by atoms with Crippen LogP contribution in [0.4, 0.5) is 14.6 Å². The molecule has 2 aliphatic carbocycles. The first-order chi connectivity index (χ1) is 15.6. The zero-order valence-corrected chi connectivity index (χ0v) is 19.8. The number of fused-ring (bicyclic) bond motifs is 1. The van der Waals surface area contributed by atoms with Gasteiger partial charge < -0.3 is 25.9 Å². The molecule has 1 saturated heterocycles. The summed E-state index contributed by atoms with van der Waals surface area (Å²) in [6, 6.07) is 2.16. The maximum absolute atomic E-state index is 12.7. The summed E-state index contributed by atoms with van der Waals surface area (Å²) >= 11 is 0. The summed E-state index contributed by atoms with van der Waals surface area (Å²) < 4.78 is 35.3. The minimum absolute atomic E-state index is 0.121. The summed E-state index contributed by atoms with van der Waals surface area (Å²) in [5.41, 5.74) is 7.46. The highest BCUT2D eigenvalue weighted by Gasteiger charge is 2.67. The van der Waals surface area contributed by atoms with E-state index >= 15 is 0 Å². The monoisotopic (exact) mass is 463 g/mol. The highest BCUT2D eigenvalue weighted by molar-refractivity contribution is 6.07. The summed E-state index contributed by atoms with van der Waals surface area (Å²) in [6.45, 7) is 5.62. The summed E-state index contributed by atoms with van der Waals surface area (Å²) in [7, 11) is 1.79. The summed E-state index contributed by atoms with van der Waals surface area (Å²) in [4.78, 5) is 6.51. The molecule has 1 aromatic rings. The van der Waals surface area contributed by atoms with Gasteiger partial charge in [-0.3, -0.25) is 4.90 Å². The Labute approximate surface area is 194 Å². The minimum atomic E-state index is -3.00. The lowest BCUT2D eigenvalue weighted by Crippen LogP contribution is -2.35. The van der Waals surface area contributed by atoms with Crippen molar-refractivity contribution in [3.8, 4) is 5.75 Å². The molecule has 1 aromatic heterocycles. The molecule has 5 atom stereocenters. The van der Waals surface area contributed by atoms with Crippen LogP contribution < -0.4 is 15.8 Å². The lowest BCUT2D eigenvalue weighted by atomic mass is 9.95. The van der Waals surface area contributed by atoms with Gasteiger partial charge in [0.15, 0.2) is 11.6 Å². The number of methoxy groups -OCH3 is 1. The van der Waals surface area contributed by atoms with Crippen LogP contribution in [-0.2, 0) is 4.74 Å². The number of halogens is 2. The SMILES string of the molecule is COC1CCN([C@H]2C[C@H]3[C@H](/C(=C/C(=N)c4cnc(N)c(OC(F)F)c4)NC(C)C)C3(C)C2)C1. The number of anilines is 1. The van der Waals surface area contributed by atoms with Crippen molar-refractivity contribution < 1.29 is 18.3 Å². The van der Waals surface area contributed by atoms with Crippen LogP contribution in [0.3, 0.4) is 0 Å². The third-order valence-corrected chi connectivity index (χ3v) is 7.58. The molecule has 33 heavy (non-hydrogen) atoms. The molecule has 3 aliphatic rings. The lowest BCUT2D eigenvalue weighted by molar-refractivity contribution is -0.0495.